The third-order valence-electron chi connectivity index (χ3n) is 3.40. The average molecular weight is 369 g/mol. The SMILES string of the molecule is CCCNC(c1ccc(OC)c(Br)c1)c1nc(C)c(C)s1. The minimum absolute atomic E-state index is 0.129. The van der Waals surface area contributed by atoms with E-state index in [1.807, 2.05) is 6.07 Å². The summed E-state index contributed by atoms with van der Waals surface area (Å²) in [7, 11) is 1.68. The zero-order chi connectivity index (χ0) is 15.4. The monoisotopic (exact) mass is 368 g/mol. The molecule has 0 saturated heterocycles. The number of rotatable bonds is 6. The van der Waals surface area contributed by atoms with Crippen molar-refractivity contribution >= 4 is 27.3 Å². The van der Waals surface area contributed by atoms with E-state index in [-0.39, 0.29) is 6.04 Å². The van der Waals surface area contributed by atoms with Crippen LogP contribution in [-0.4, -0.2) is 18.6 Å². The first-order chi connectivity index (χ1) is 10.1. The molecule has 0 fully saturated rings. The molecule has 0 aliphatic heterocycles. The van der Waals surface area contributed by atoms with Crippen LogP contribution in [0.1, 0.15) is 40.5 Å². The number of methoxy groups -OCH3 is 1. The first-order valence-electron chi connectivity index (χ1n) is 7.07. The zero-order valence-corrected chi connectivity index (χ0v) is 15.3. The molecule has 0 amide bonds. The van der Waals surface area contributed by atoms with Crippen LogP contribution in [0, 0.1) is 13.8 Å². The van der Waals surface area contributed by atoms with Crippen LogP contribution >= 0.6 is 27.3 Å². The molecule has 0 aliphatic carbocycles. The summed E-state index contributed by atoms with van der Waals surface area (Å²) >= 11 is 5.33. The minimum atomic E-state index is 0.129. The predicted molar refractivity (Wildman–Crippen MR) is 92.4 cm³/mol. The Balaban J connectivity index is 2.37. The number of aromatic nitrogens is 1. The van der Waals surface area contributed by atoms with Crippen molar-refractivity contribution in [1.82, 2.24) is 10.3 Å². The van der Waals surface area contributed by atoms with Gasteiger partial charge in [0.05, 0.1) is 23.3 Å². The summed E-state index contributed by atoms with van der Waals surface area (Å²) in [6.45, 7) is 7.33. The standard InChI is InChI=1S/C16H21BrN2OS/c1-5-8-18-15(16-19-10(2)11(3)21-16)12-6-7-14(20-4)13(17)9-12/h6-7,9,15,18H,5,8H2,1-4H3. The van der Waals surface area contributed by atoms with Gasteiger partial charge >= 0.3 is 0 Å². The van der Waals surface area contributed by atoms with Gasteiger partial charge in [-0.15, -0.1) is 11.3 Å². The lowest BCUT2D eigenvalue weighted by atomic mass is 10.1. The fourth-order valence-electron chi connectivity index (χ4n) is 2.12. The maximum absolute atomic E-state index is 5.31. The molecule has 0 radical (unpaired) electrons. The smallest absolute Gasteiger partial charge is 0.133 e. The van der Waals surface area contributed by atoms with Crippen molar-refractivity contribution in [1.29, 1.82) is 0 Å². The van der Waals surface area contributed by atoms with Gasteiger partial charge < -0.3 is 10.1 Å². The van der Waals surface area contributed by atoms with Crippen molar-refractivity contribution in [2.45, 2.75) is 33.2 Å². The Morgan fingerprint density at radius 2 is 2.14 bits per heavy atom. The van der Waals surface area contributed by atoms with Crippen molar-refractivity contribution in [3.8, 4) is 5.75 Å². The molecule has 0 spiro atoms. The summed E-state index contributed by atoms with van der Waals surface area (Å²) in [6, 6.07) is 6.33. The van der Waals surface area contributed by atoms with E-state index in [9.17, 15) is 0 Å². The largest absolute Gasteiger partial charge is 0.496 e. The van der Waals surface area contributed by atoms with Crippen LogP contribution in [-0.2, 0) is 0 Å². The number of nitrogens with zero attached hydrogens (tertiary/aromatic N) is 1. The molecule has 1 aromatic heterocycles. The summed E-state index contributed by atoms with van der Waals surface area (Å²) in [5.41, 5.74) is 2.32. The highest BCUT2D eigenvalue weighted by Gasteiger charge is 2.19. The number of benzene rings is 1. The van der Waals surface area contributed by atoms with Gasteiger partial charge in [-0.1, -0.05) is 13.0 Å². The summed E-state index contributed by atoms with van der Waals surface area (Å²) in [6.07, 6.45) is 1.09. The van der Waals surface area contributed by atoms with E-state index < -0.39 is 0 Å². The van der Waals surface area contributed by atoms with Gasteiger partial charge in [-0.2, -0.15) is 0 Å². The molecule has 3 nitrogen and oxygen atoms in total. The molecule has 114 valence electrons. The second kappa shape index (κ2) is 7.38. The van der Waals surface area contributed by atoms with E-state index in [0.29, 0.717) is 0 Å². The van der Waals surface area contributed by atoms with Gasteiger partial charge in [0.25, 0.3) is 0 Å². The third kappa shape index (κ3) is 3.84. The minimum Gasteiger partial charge on any atom is -0.496 e. The van der Waals surface area contributed by atoms with Crippen LogP contribution in [0.4, 0.5) is 0 Å². The highest BCUT2D eigenvalue weighted by Crippen LogP contribution is 2.32. The number of halogens is 1. The normalized spacial score (nSPS) is 12.4. The Labute approximate surface area is 138 Å². The van der Waals surface area contributed by atoms with E-state index in [1.165, 1.54) is 10.4 Å². The molecular weight excluding hydrogens is 348 g/mol. The molecule has 5 heteroatoms. The topological polar surface area (TPSA) is 34.1 Å². The summed E-state index contributed by atoms with van der Waals surface area (Å²) in [4.78, 5) is 6.00. The van der Waals surface area contributed by atoms with Gasteiger partial charge in [0.2, 0.25) is 0 Å². The number of hydrogen-bond acceptors (Lipinski definition) is 4. The quantitative estimate of drug-likeness (QED) is 0.807. The van der Waals surface area contributed by atoms with Crippen molar-refractivity contribution in [2.75, 3.05) is 13.7 Å². The molecule has 0 aliphatic rings. The van der Waals surface area contributed by atoms with Crippen LogP contribution in [0.25, 0.3) is 0 Å². The number of aryl methyl sites for hydroxylation is 2. The number of hydrogen-bond donors (Lipinski definition) is 1. The molecule has 1 unspecified atom stereocenters. The van der Waals surface area contributed by atoms with E-state index in [2.05, 4.69) is 54.2 Å². The van der Waals surface area contributed by atoms with Crippen LogP contribution in [0.3, 0.4) is 0 Å². The second-order valence-electron chi connectivity index (χ2n) is 4.97. The van der Waals surface area contributed by atoms with Gasteiger partial charge in [0, 0.05) is 4.88 Å². The van der Waals surface area contributed by atoms with E-state index in [1.54, 1.807) is 18.4 Å². The maximum atomic E-state index is 5.31. The highest BCUT2D eigenvalue weighted by atomic mass is 79.9. The van der Waals surface area contributed by atoms with Gasteiger partial charge in [-0.3, -0.25) is 0 Å². The Kier molecular flexibility index (Phi) is 5.79. The Bertz CT molecular complexity index is 593. The van der Waals surface area contributed by atoms with Gasteiger partial charge in [-0.25, -0.2) is 4.98 Å². The molecule has 2 rings (SSSR count). The molecule has 1 heterocycles. The number of ether oxygens (including phenoxy) is 1. The molecule has 1 aromatic carbocycles. The van der Waals surface area contributed by atoms with E-state index in [0.717, 1.165) is 33.9 Å². The molecule has 1 N–H and O–H groups in total. The molecule has 0 bridgehead atoms. The maximum Gasteiger partial charge on any atom is 0.133 e. The molecule has 0 saturated carbocycles. The third-order valence-corrected chi connectivity index (χ3v) is 5.16. The van der Waals surface area contributed by atoms with Crippen molar-refractivity contribution in [2.24, 2.45) is 0 Å². The summed E-state index contributed by atoms with van der Waals surface area (Å²) in [5, 5.41) is 4.71. The molecule has 1 atom stereocenters. The van der Waals surface area contributed by atoms with E-state index >= 15 is 0 Å². The van der Waals surface area contributed by atoms with Crippen LogP contribution in [0.2, 0.25) is 0 Å². The van der Waals surface area contributed by atoms with Crippen molar-refractivity contribution < 1.29 is 4.74 Å². The predicted octanol–water partition coefficient (Wildman–Crippen LogP) is 4.62. The van der Waals surface area contributed by atoms with Crippen LogP contribution in [0.15, 0.2) is 22.7 Å². The summed E-state index contributed by atoms with van der Waals surface area (Å²) in [5.74, 6) is 0.847. The van der Waals surface area contributed by atoms with E-state index in [4.69, 9.17) is 9.72 Å². The lowest BCUT2D eigenvalue weighted by Gasteiger charge is -2.17. The van der Waals surface area contributed by atoms with Crippen LogP contribution in [0.5, 0.6) is 5.75 Å². The van der Waals surface area contributed by atoms with Crippen LogP contribution < -0.4 is 10.1 Å². The van der Waals surface area contributed by atoms with Gasteiger partial charge in [-0.05, 0) is 60.4 Å². The van der Waals surface area contributed by atoms with Gasteiger partial charge in [0.15, 0.2) is 0 Å². The molecule has 21 heavy (non-hydrogen) atoms. The highest BCUT2D eigenvalue weighted by molar-refractivity contribution is 9.10. The Morgan fingerprint density at radius 1 is 1.38 bits per heavy atom. The second-order valence-corrected chi connectivity index (χ2v) is 7.06. The Hall–Kier alpha value is -0.910. The zero-order valence-electron chi connectivity index (χ0n) is 12.9. The first kappa shape index (κ1) is 16.5. The Morgan fingerprint density at radius 3 is 2.67 bits per heavy atom. The fourth-order valence-corrected chi connectivity index (χ4v) is 3.70. The first-order valence-corrected chi connectivity index (χ1v) is 8.68. The van der Waals surface area contributed by atoms with Crippen molar-refractivity contribution in [3.05, 3.63) is 43.8 Å². The lowest BCUT2D eigenvalue weighted by molar-refractivity contribution is 0.411. The number of nitrogens with one attached hydrogen (secondary N) is 1. The van der Waals surface area contributed by atoms with Crippen molar-refractivity contribution in [3.63, 3.8) is 0 Å². The molecular formula is C16H21BrN2OS. The number of thiazole rings is 1. The fraction of sp³-hybridized carbons (Fsp3) is 0.438. The molecule has 2 aromatic rings. The summed E-state index contributed by atoms with van der Waals surface area (Å²) < 4.78 is 6.28. The van der Waals surface area contributed by atoms with Gasteiger partial charge in [0.1, 0.15) is 10.8 Å². The average Bonchev–Trinajstić information content (AvgIpc) is 2.79. The lowest BCUT2D eigenvalue weighted by Crippen LogP contribution is -2.23.